The van der Waals surface area contributed by atoms with Gasteiger partial charge >= 0.3 is 0 Å². The molecule has 9 heteroatoms. The van der Waals surface area contributed by atoms with Gasteiger partial charge in [-0.1, -0.05) is 11.6 Å². The maximum atomic E-state index is 12.0. The van der Waals surface area contributed by atoms with E-state index in [-0.39, 0.29) is 35.9 Å². The Hall–Kier alpha value is -1.52. The van der Waals surface area contributed by atoms with Gasteiger partial charge in [0.25, 0.3) is 0 Å². The van der Waals surface area contributed by atoms with Crippen molar-refractivity contribution in [2.45, 2.75) is 33.2 Å². The predicted molar refractivity (Wildman–Crippen MR) is 140 cm³/mol. The van der Waals surface area contributed by atoms with Gasteiger partial charge in [-0.15, -0.1) is 24.0 Å². The third-order valence-corrected chi connectivity index (χ3v) is 5.43. The SMILES string of the molecule is CCNC(=NCCc1c[nH]c2ccc(Cl)cc12)N1CCN(CC(=O)NC(C)C)CC1.I. The number of aliphatic imine (C=N–C) groups is 1. The summed E-state index contributed by atoms with van der Waals surface area (Å²) in [4.78, 5) is 24.6. The number of H-pyrrole nitrogens is 1. The van der Waals surface area contributed by atoms with E-state index in [1.165, 1.54) is 5.56 Å². The Kier molecular flexibility index (Phi) is 10.4. The first kappa shape index (κ1) is 25.7. The lowest BCUT2D eigenvalue weighted by atomic mass is 10.1. The van der Waals surface area contributed by atoms with Crippen LogP contribution in [0.25, 0.3) is 10.9 Å². The number of carbonyl (C=O) groups excluding carboxylic acids is 1. The van der Waals surface area contributed by atoms with Crippen LogP contribution >= 0.6 is 35.6 Å². The number of halogens is 2. The molecule has 31 heavy (non-hydrogen) atoms. The van der Waals surface area contributed by atoms with Crippen LogP contribution in [0.15, 0.2) is 29.4 Å². The third-order valence-electron chi connectivity index (χ3n) is 5.20. The number of nitrogens with zero attached hydrogens (tertiary/aromatic N) is 3. The second-order valence-corrected chi connectivity index (χ2v) is 8.41. The maximum absolute atomic E-state index is 12.0. The van der Waals surface area contributed by atoms with Crippen molar-refractivity contribution < 1.29 is 4.79 Å². The van der Waals surface area contributed by atoms with Gasteiger partial charge in [0.15, 0.2) is 5.96 Å². The first-order chi connectivity index (χ1) is 14.5. The van der Waals surface area contributed by atoms with Crippen LogP contribution in [0, 0.1) is 0 Å². The number of aromatic nitrogens is 1. The van der Waals surface area contributed by atoms with Gasteiger partial charge in [0.05, 0.1) is 6.54 Å². The molecule has 172 valence electrons. The molecular formula is C22H34ClIN6O. The first-order valence-corrected chi connectivity index (χ1v) is 11.1. The van der Waals surface area contributed by atoms with Crippen molar-refractivity contribution >= 4 is 58.3 Å². The highest BCUT2D eigenvalue weighted by Crippen LogP contribution is 2.22. The number of fused-ring (bicyclic) bond motifs is 1. The van der Waals surface area contributed by atoms with E-state index in [0.29, 0.717) is 13.1 Å². The molecule has 1 saturated heterocycles. The zero-order valence-electron chi connectivity index (χ0n) is 18.6. The Morgan fingerprint density at radius 2 is 2.00 bits per heavy atom. The van der Waals surface area contributed by atoms with Gasteiger partial charge in [-0.3, -0.25) is 14.7 Å². The molecule has 1 aliphatic rings. The van der Waals surface area contributed by atoms with Crippen LogP contribution in [0.5, 0.6) is 0 Å². The normalized spacial score (nSPS) is 15.3. The lowest BCUT2D eigenvalue weighted by molar-refractivity contribution is -0.123. The lowest BCUT2D eigenvalue weighted by Crippen LogP contribution is -2.54. The fourth-order valence-electron chi connectivity index (χ4n) is 3.75. The number of aromatic amines is 1. The predicted octanol–water partition coefficient (Wildman–Crippen LogP) is 3.09. The molecule has 1 aromatic heterocycles. The first-order valence-electron chi connectivity index (χ1n) is 10.8. The fourth-order valence-corrected chi connectivity index (χ4v) is 3.93. The monoisotopic (exact) mass is 560 g/mol. The Labute approximate surface area is 207 Å². The second kappa shape index (κ2) is 12.5. The van der Waals surface area contributed by atoms with E-state index in [4.69, 9.17) is 16.6 Å². The van der Waals surface area contributed by atoms with Crippen molar-refractivity contribution in [3.63, 3.8) is 0 Å². The van der Waals surface area contributed by atoms with Crippen LogP contribution in [0.4, 0.5) is 0 Å². The van der Waals surface area contributed by atoms with E-state index in [0.717, 1.165) is 61.0 Å². The topological polar surface area (TPSA) is 75.8 Å². The number of rotatable bonds is 7. The molecule has 2 aromatic rings. The number of benzene rings is 1. The zero-order chi connectivity index (χ0) is 21.5. The summed E-state index contributed by atoms with van der Waals surface area (Å²) in [6, 6.07) is 6.10. The van der Waals surface area contributed by atoms with E-state index in [9.17, 15) is 4.79 Å². The van der Waals surface area contributed by atoms with E-state index in [1.807, 2.05) is 38.2 Å². The number of carbonyl (C=O) groups is 1. The number of guanidine groups is 1. The molecule has 1 aliphatic heterocycles. The number of piperazine rings is 1. The number of hydrogen-bond donors (Lipinski definition) is 3. The van der Waals surface area contributed by atoms with E-state index in [1.54, 1.807) is 0 Å². The van der Waals surface area contributed by atoms with Crippen molar-refractivity contribution in [1.29, 1.82) is 0 Å². The molecule has 2 heterocycles. The van der Waals surface area contributed by atoms with Crippen molar-refractivity contribution in [2.24, 2.45) is 4.99 Å². The van der Waals surface area contributed by atoms with Gasteiger partial charge in [0, 0.05) is 67.4 Å². The molecule has 0 saturated carbocycles. The average Bonchev–Trinajstić information content (AvgIpc) is 3.09. The molecule has 0 spiro atoms. The fraction of sp³-hybridized carbons (Fsp3) is 0.545. The summed E-state index contributed by atoms with van der Waals surface area (Å²) in [6.07, 6.45) is 2.90. The summed E-state index contributed by atoms with van der Waals surface area (Å²) in [7, 11) is 0. The standard InChI is InChI=1S/C22H33ClN6O.HI/c1-4-24-22(29-11-9-28(10-12-29)15-21(30)27-16(2)3)25-8-7-17-14-26-20-6-5-18(23)13-19(17)20;/h5-6,13-14,16,26H,4,7-12,15H2,1-3H3,(H,24,25)(H,27,30);1H. The van der Waals surface area contributed by atoms with Crippen molar-refractivity contribution in [1.82, 2.24) is 25.4 Å². The Morgan fingerprint density at radius 3 is 2.68 bits per heavy atom. The van der Waals surface area contributed by atoms with Gasteiger partial charge in [-0.05, 0) is 51.0 Å². The van der Waals surface area contributed by atoms with Gasteiger partial charge in [-0.25, -0.2) is 0 Å². The summed E-state index contributed by atoms with van der Waals surface area (Å²) in [5, 5.41) is 8.28. The minimum absolute atomic E-state index is 0. The minimum Gasteiger partial charge on any atom is -0.361 e. The van der Waals surface area contributed by atoms with Gasteiger partial charge in [-0.2, -0.15) is 0 Å². The number of amides is 1. The van der Waals surface area contributed by atoms with E-state index in [2.05, 4.69) is 32.3 Å². The average molecular weight is 561 g/mol. The highest BCUT2D eigenvalue weighted by molar-refractivity contribution is 14.0. The van der Waals surface area contributed by atoms with Crippen LogP contribution in [-0.2, 0) is 11.2 Å². The van der Waals surface area contributed by atoms with Crippen LogP contribution in [0.3, 0.4) is 0 Å². The van der Waals surface area contributed by atoms with Crippen LogP contribution in [0.2, 0.25) is 5.02 Å². The minimum atomic E-state index is 0. The molecule has 0 bridgehead atoms. The number of hydrogen-bond acceptors (Lipinski definition) is 3. The maximum Gasteiger partial charge on any atom is 0.234 e. The van der Waals surface area contributed by atoms with E-state index >= 15 is 0 Å². The molecule has 0 unspecified atom stereocenters. The molecule has 0 atom stereocenters. The Morgan fingerprint density at radius 1 is 1.26 bits per heavy atom. The van der Waals surface area contributed by atoms with Crippen LogP contribution in [-0.4, -0.2) is 78.5 Å². The highest BCUT2D eigenvalue weighted by Gasteiger charge is 2.21. The largest absolute Gasteiger partial charge is 0.361 e. The van der Waals surface area contributed by atoms with E-state index < -0.39 is 0 Å². The molecule has 3 N–H and O–H groups in total. The molecule has 7 nitrogen and oxygen atoms in total. The molecule has 1 fully saturated rings. The van der Waals surface area contributed by atoms with Crippen LogP contribution in [0.1, 0.15) is 26.3 Å². The second-order valence-electron chi connectivity index (χ2n) is 7.97. The summed E-state index contributed by atoms with van der Waals surface area (Å²) in [5.41, 5.74) is 2.33. The zero-order valence-corrected chi connectivity index (χ0v) is 21.7. The Bertz CT molecular complexity index is 876. The van der Waals surface area contributed by atoms with Crippen LogP contribution < -0.4 is 10.6 Å². The van der Waals surface area contributed by atoms with Gasteiger partial charge in [0.1, 0.15) is 0 Å². The molecule has 0 aliphatic carbocycles. The van der Waals surface area contributed by atoms with Gasteiger partial charge in [0.2, 0.25) is 5.91 Å². The summed E-state index contributed by atoms with van der Waals surface area (Å²) in [5.74, 6) is 1.04. The number of nitrogens with one attached hydrogen (secondary N) is 3. The molecular weight excluding hydrogens is 527 g/mol. The third kappa shape index (κ3) is 7.54. The molecule has 0 radical (unpaired) electrons. The summed E-state index contributed by atoms with van der Waals surface area (Å²) < 4.78 is 0. The molecule has 3 rings (SSSR count). The summed E-state index contributed by atoms with van der Waals surface area (Å²) in [6.45, 7) is 11.5. The highest BCUT2D eigenvalue weighted by atomic mass is 127. The van der Waals surface area contributed by atoms with Crippen molar-refractivity contribution in [3.05, 3.63) is 35.0 Å². The Balaban J connectivity index is 0.00000341. The molecule has 1 aromatic carbocycles. The van der Waals surface area contributed by atoms with Crippen molar-refractivity contribution in [3.8, 4) is 0 Å². The molecule has 1 amide bonds. The lowest BCUT2D eigenvalue weighted by Gasteiger charge is -2.36. The summed E-state index contributed by atoms with van der Waals surface area (Å²) >= 11 is 6.16. The smallest absolute Gasteiger partial charge is 0.234 e. The van der Waals surface area contributed by atoms with Crippen molar-refractivity contribution in [2.75, 3.05) is 45.8 Å². The van der Waals surface area contributed by atoms with Gasteiger partial charge < -0.3 is 20.5 Å². The quantitative estimate of drug-likeness (QED) is 0.276.